The van der Waals surface area contributed by atoms with Gasteiger partial charge in [-0.05, 0) is 126 Å². The van der Waals surface area contributed by atoms with Gasteiger partial charge in [0.2, 0.25) is 0 Å². The van der Waals surface area contributed by atoms with Crippen molar-refractivity contribution < 1.29 is 0 Å². The molecule has 0 fully saturated rings. The fraction of sp³-hybridized carbons (Fsp3) is 0. The Morgan fingerprint density at radius 3 is 1.00 bits per heavy atom. The third-order valence-electron chi connectivity index (χ3n) is 11.3. The highest BCUT2D eigenvalue weighted by molar-refractivity contribution is 5.88. The molecular weight excluding hydrogens is 711 g/mol. The second-order valence-electron chi connectivity index (χ2n) is 15.0. The molecule has 1 nitrogen and oxygen atoms in total. The molecule has 10 aromatic rings. The molecule has 0 heterocycles. The zero-order valence-electron chi connectivity index (χ0n) is 32.6. The van der Waals surface area contributed by atoms with Gasteiger partial charge in [0.1, 0.15) is 0 Å². The summed E-state index contributed by atoms with van der Waals surface area (Å²) >= 11 is 0. The number of anilines is 3. The van der Waals surface area contributed by atoms with E-state index in [4.69, 9.17) is 0 Å². The third kappa shape index (κ3) is 7.58. The molecule has 0 saturated heterocycles. The highest BCUT2D eigenvalue weighted by Crippen LogP contribution is 2.39. The standard InChI is InChI=1S/C58H41N/c1-3-11-42(12-4-1)45-21-27-50(28-22-45)54-19-10-20-58(41-54)59(56-35-31-47(32-36-56)43-13-5-2-6-14-43)57-37-33-48(34-38-57)46-23-25-49(26-24-46)52-17-9-18-53(39-52)55-30-29-44-15-7-8-16-51(44)40-55/h1-41H. The second kappa shape index (κ2) is 16.0. The molecule has 59 heavy (non-hydrogen) atoms. The minimum Gasteiger partial charge on any atom is -0.310 e. The van der Waals surface area contributed by atoms with E-state index in [0.717, 1.165) is 17.1 Å². The lowest BCUT2D eigenvalue weighted by atomic mass is 9.96. The molecule has 0 aromatic heterocycles. The van der Waals surface area contributed by atoms with E-state index < -0.39 is 0 Å². The molecule has 10 rings (SSSR count). The van der Waals surface area contributed by atoms with E-state index in [9.17, 15) is 0 Å². The van der Waals surface area contributed by atoms with Crippen molar-refractivity contribution in [1.29, 1.82) is 0 Å². The van der Waals surface area contributed by atoms with Crippen LogP contribution in [0.15, 0.2) is 249 Å². The van der Waals surface area contributed by atoms with Crippen LogP contribution in [-0.4, -0.2) is 0 Å². The predicted octanol–water partition coefficient (Wildman–Crippen LogP) is 16.3. The van der Waals surface area contributed by atoms with Gasteiger partial charge in [-0.3, -0.25) is 0 Å². The average molecular weight is 752 g/mol. The molecule has 0 aliphatic rings. The van der Waals surface area contributed by atoms with Crippen molar-refractivity contribution >= 4 is 27.8 Å². The lowest BCUT2D eigenvalue weighted by molar-refractivity contribution is 1.28. The zero-order valence-corrected chi connectivity index (χ0v) is 32.6. The summed E-state index contributed by atoms with van der Waals surface area (Å²) in [6, 6.07) is 89.7. The molecule has 0 unspecified atom stereocenters. The van der Waals surface area contributed by atoms with Gasteiger partial charge in [0.25, 0.3) is 0 Å². The van der Waals surface area contributed by atoms with Gasteiger partial charge in [-0.25, -0.2) is 0 Å². The Balaban J connectivity index is 0.945. The summed E-state index contributed by atoms with van der Waals surface area (Å²) in [5, 5.41) is 2.52. The van der Waals surface area contributed by atoms with Crippen molar-refractivity contribution in [2.75, 3.05) is 4.90 Å². The maximum absolute atomic E-state index is 2.35. The molecule has 0 bridgehead atoms. The van der Waals surface area contributed by atoms with Crippen LogP contribution in [0.25, 0.3) is 77.5 Å². The van der Waals surface area contributed by atoms with E-state index in [1.165, 1.54) is 77.5 Å². The van der Waals surface area contributed by atoms with E-state index in [0.29, 0.717) is 0 Å². The van der Waals surface area contributed by atoms with Crippen LogP contribution in [0, 0.1) is 0 Å². The third-order valence-corrected chi connectivity index (χ3v) is 11.3. The van der Waals surface area contributed by atoms with Crippen LogP contribution in [0.5, 0.6) is 0 Å². The molecule has 0 amide bonds. The van der Waals surface area contributed by atoms with Gasteiger partial charge in [-0.2, -0.15) is 0 Å². The first-order valence-electron chi connectivity index (χ1n) is 20.2. The van der Waals surface area contributed by atoms with Crippen molar-refractivity contribution in [1.82, 2.24) is 0 Å². The molecule has 0 radical (unpaired) electrons. The molecule has 10 aromatic carbocycles. The maximum Gasteiger partial charge on any atom is 0.0467 e. The van der Waals surface area contributed by atoms with E-state index >= 15 is 0 Å². The van der Waals surface area contributed by atoms with Crippen LogP contribution in [-0.2, 0) is 0 Å². The Morgan fingerprint density at radius 2 is 0.492 bits per heavy atom. The lowest BCUT2D eigenvalue weighted by Crippen LogP contribution is -2.10. The molecule has 0 aliphatic heterocycles. The monoisotopic (exact) mass is 751 g/mol. The van der Waals surface area contributed by atoms with Crippen molar-refractivity contribution in [2.24, 2.45) is 0 Å². The topological polar surface area (TPSA) is 3.24 Å². The Kier molecular flexibility index (Phi) is 9.68. The first kappa shape index (κ1) is 35.7. The summed E-state index contributed by atoms with van der Waals surface area (Å²) in [5.41, 5.74) is 17.7. The molecule has 1 heteroatoms. The number of hydrogen-bond acceptors (Lipinski definition) is 1. The molecular formula is C58H41N. The zero-order chi connectivity index (χ0) is 39.4. The van der Waals surface area contributed by atoms with Crippen molar-refractivity contribution in [3.8, 4) is 66.8 Å². The predicted molar refractivity (Wildman–Crippen MR) is 251 cm³/mol. The smallest absolute Gasteiger partial charge is 0.0467 e. The van der Waals surface area contributed by atoms with Gasteiger partial charge in [-0.15, -0.1) is 0 Å². The van der Waals surface area contributed by atoms with Crippen LogP contribution < -0.4 is 4.90 Å². The Hall–Kier alpha value is -7.74. The highest BCUT2D eigenvalue weighted by atomic mass is 15.1. The normalized spacial score (nSPS) is 11.1. The van der Waals surface area contributed by atoms with Gasteiger partial charge in [0.15, 0.2) is 0 Å². The maximum atomic E-state index is 2.35. The van der Waals surface area contributed by atoms with Crippen LogP contribution in [0.1, 0.15) is 0 Å². The van der Waals surface area contributed by atoms with Crippen LogP contribution in [0.3, 0.4) is 0 Å². The lowest BCUT2D eigenvalue weighted by Gasteiger charge is -2.26. The van der Waals surface area contributed by atoms with Crippen molar-refractivity contribution in [3.63, 3.8) is 0 Å². The summed E-state index contributed by atoms with van der Waals surface area (Å²) in [6.07, 6.45) is 0. The van der Waals surface area contributed by atoms with Gasteiger partial charge in [-0.1, -0.05) is 200 Å². The Morgan fingerprint density at radius 1 is 0.169 bits per heavy atom. The first-order valence-corrected chi connectivity index (χ1v) is 20.2. The Bertz CT molecular complexity index is 2980. The van der Waals surface area contributed by atoms with Crippen molar-refractivity contribution in [3.05, 3.63) is 249 Å². The molecule has 0 saturated carbocycles. The summed E-state index contributed by atoms with van der Waals surface area (Å²) in [4.78, 5) is 2.35. The minimum atomic E-state index is 1.10. The number of fused-ring (bicyclic) bond motifs is 1. The van der Waals surface area contributed by atoms with E-state index in [2.05, 4.69) is 254 Å². The van der Waals surface area contributed by atoms with Gasteiger partial charge in [0.05, 0.1) is 0 Å². The van der Waals surface area contributed by atoms with Gasteiger partial charge >= 0.3 is 0 Å². The van der Waals surface area contributed by atoms with Crippen molar-refractivity contribution in [2.45, 2.75) is 0 Å². The van der Waals surface area contributed by atoms with Crippen LogP contribution in [0.2, 0.25) is 0 Å². The van der Waals surface area contributed by atoms with Gasteiger partial charge < -0.3 is 4.90 Å². The van der Waals surface area contributed by atoms with E-state index in [1.807, 2.05) is 0 Å². The quantitative estimate of drug-likeness (QED) is 0.142. The first-order chi connectivity index (χ1) is 29.2. The number of benzene rings is 10. The van der Waals surface area contributed by atoms with Gasteiger partial charge in [0, 0.05) is 17.1 Å². The molecule has 0 spiro atoms. The second-order valence-corrected chi connectivity index (χ2v) is 15.0. The number of hydrogen-bond donors (Lipinski definition) is 0. The molecule has 278 valence electrons. The number of nitrogens with zero attached hydrogens (tertiary/aromatic N) is 1. The SMILES string of the molecule is c1ccc(-c2ccc(-c3cccc(N(c4ccc(-c5ccccc5)cc4)c4ccc(-c5ccc(-c6cccc(-c7ccc8ccccc8c7)c6)cc5)cc4)c3)cc2)cc1. The van der Waals surface area contributed by atoms with E-state index in [-0.39, 0.29) is 0 Å². The summed E-state index contributed by atoms with van der Waals surface area (Å²) in [7, 11) is 0. The molecule has 0 aliphatic carbocycles. The fourth-order valence-electron chi connectivity index (χ4n) is 8.10. The average Bonchev–Trinajstić information content (AvgIpc) is 3.33. The number of rotatable bonds is 9. The van der Waals surface area contributed by atoms with E-state index in [1.54, 1.807) is 0 Å². The van der Waals surface area contributed by atoms with Crippen LogP contribution in [0.4, 0.5) is 17.1 Å². The summed E-state index contributed by atoms with van der Waals surface area (Å²) in [6.45, 7) is 0. The largest absolute Gasteiger partial charge is 0.310 e. The Labute approximate surface area is 346 Å². The highest BCUT2D eigenvalue weighted by Gasteiger charge is 2.15. The molecule has 0 N–H and O–H groups in total. The molecule has 0 atom stereocenters. The summed E-state index contributed by atoms with van der Waals surface area (Å²) in [5.74, 6) is 0. The minimum absolute atomic E-state index is 1.10. The van der Waals surface area contributed by atoms with Crippen LogP contribution >= 0.6 is 0 Å². The summed E-state index contributed by atoms with van der Waals surface area (Å²) < 4.78 is 0. The fourth-order valence-corrected chi connectivity index (χ4v) is 8.10.